The number of carbonyl (C=O) groups excluding carboxylic acids is 1. The number of fused-ring (bicyclic) bond motifs is 10. The van der Waals surface area contributed by atoms with E-state index in [1.54, 1.807) is 0 Å². The number of hydrogen-bond donors (Lipinski definition) is 5. The number of nitrogens with zero attached hydrogens (tertiary/aromatic N) is 1. The molecule has 0 unspecified atom stereocenters. The van der Waals surface area contributed by atoms with E-state index in [-0.39, 0.29) is 47.1 Å². The van der Waals surface area contributed by atoms with E-state index in [2.05, 4.69) is 78.4 Å². The third-order valence-corrected chi connectivity index (χ3v) is 18.6. The van der Waals surface area contributed by atoms with Crippen molar-refractivity contribution in [3.8, 4) is 46.7 Å². The zero-order valence-corrected chi connectivity index (χ0v) is 41.0. The highest BCUT2D eigenvalue weighted by atomic mass is 32.1. The molecule has 2 heterocycles. The first-order valence-corrected chi connectivity index (χ1v) is 25.5. The number of ether oxygens (including phenoxy) is 4. The van der Waals surface area contributed by atoms with Crippen LogP contribution in [0.5, 0.6) is 23.0 Å². The lowest BCUT2D eigenvalue weighted by molar-refractivity contribution is -0.114. The first kappa shape index (κ1) is 46.0. The Morgan fingerprint density at radius 3 is 1.68 bits per heavy atom. The second kappa shape index (κ2) is 17.5. The monoisotopic (exact) mass is 949 g/mol. The molecule has 8 aliphatic carbocycles. The average Bonchev–Trinajstić information content (AvgIpc) is 4.14. The number of hydrogen-bond acceptors (Lipinski definition) is 10. The van der Waals surface area contributed by atoms with Crippen LogP contribution in [0.1, 0.15) is 141 Å². The maximum Gasteiger partial charge on any atom is 0.231 e. The maximum absolute atomic E-state index is 12.2. The molecule has 0 radical (unpaired) electrons. The Bertz CT molecular complexity index is 2820. The molecule has 0 aromatic heterocycles. The molecule has 69 heavy (non-hydrogen) atoms. The standard InChI is InChI=1S/C29H33N3O4S.C28H30O4/c1-3-11-29(33)12-10-23-21-7-4-17-13-19(30-31-27(37)32-34)6-8-20(17)26(21)22(15-28(23,29)2)18-5-9-24-25(14-18)36-16-35-24;1-3-11-28(30)12-10-23-21-7-4-17-13-19(29)6-8-20(17)26(21)22(15-27(23,28)2)18-5-9-24-25(14-18)32-16-31-24/h5,9,13-14,21-23,33-34H,4,6-8,10,12,15-16H2,1-2H3,(H2,31,32,37);5,9,13-14,21-23,30H,4,6-8,10,12,15-16H2,1-2H3/t21-,22+,23-,28-,29-;21-,22+,23-,27-,28-/m00/s1. The van der Waals surface area contributed by atoms with Gasteiger partial charge < -0.3 is 29.2 Å². The fourth-order valence-corrected chi connectivity index (χ4v) is 15.3. The number of nitrogens with one attached hydrogen (secondary N) is 2. The number of hydrazone groups is 1. The first-order chi connectivity index (χ1) is 33.3. The lowest BCUT2D eigenvalue weighted by atomic mass is 9.51. The number of aliphatic hydroxyl groups is 2. The van der Waals surface area contributed by atoms with Gasteiger partial charge in [-0.05, 0) is 203 Å². The molecule has 0 amide bonds. The van der Waals surface area contributed by atoms with Gasteiger partial charge in [0.1, 0.15) is 11.2 Å². The summed E-state index contributed by atoms with van der Waals surface area (Å²) in [5, 5.41) is 37.0. The van der Waals surface area contributed by atoms with Crippen LogP contribution in [0.25, 0.3) is 0 Å². The third-order valence-electron chi connectivity index (χ3n) is 18.5. The van der Waals surface area contributed by atoms with Crippen LogP contribution >= 0.6 is 12.2 Å². The van der Waals surface area contributed by atoms with Crippen LogP contribution in [0, 0.1) is 58.2 Å². The second-order valence-electron chi connectivity index (χ2n) is 21.5. The molecule has 2 aromatic carbocycles. The van der Waals surface area contributed by atoms with Gasteiger partial charge in [-0.3, -0.25) is 15.4 Å². The molecule has 0 saturated heterocycles. The zero-order valence-electron chi connectivity index (χ0n) is 40.1. The molecule has 360 valence electrons. The quantitative estimate of drug-likeness (QED) is 0.114. The van der Waals surface area contributed by atoms with Gasteiger partial charge in [0.15, 0.2) is 28.8 Å². The Morgan fingerprint density at radius 1 is 0.681 bits per heavy atom. The summed E-state index contributed by atoms with van der Waals surface area (Å²) < 4.78 is 22.6. The number of ketones is 1. The molecule has 0 bridgehead atoms. The summed E-state index contributed by atoms with van der Waals surface area (Å²) >= 11 is 4.95. The van der Waals surface area contributed by atoms with E-state index >= 15 is 0 Å². The summed E-state index contributed by atoms with van der Waals surface area (Å²) in [6.45, 7) is 8.72. The van der Waals surface area contributed by atoms with Crippen LogP contribution in [0.4, 0.5) is 0 Å². The highest BCUT2D eigenvalue weighted by Crippen LogP contribution is 2.68. The van der Waals surface area contributed by atoms with Gasteiger partial charge in [0.2, 0.25) is 18.7 Å². The number of hydroxylamine groups is 1. The van der Waals surface area contributed by atoms with E-state index in [0.29, 0.717) is 30.1 Å². The Labute approximate surface area is 410 Å². The van der Waals surface area contributed by atoms with Crippen molar-refractivity contribution in [2.45, 2.75) is 141 Å². The van der Waals surface area contributed by atoms with Crippen molar-refractivity contribution >= 4 is 28.8 Å². The predicted molar refractivity (Wildman–Crippen MR) is 266 cm³/mol. The molecule has 0 spiro atoms. The van der Waals surface area contributed by atoms with Gasteiger partial charge in [-0.25, -0.2) is 5.48 Å². The van der Waals surface area contributed by atoms with Gasteiger partial charge in [-0.2, -0.15) is 5.10 Å². The van der Waals surface area contributed by atoms with Gasteiger partial charge in [0.25, 0.3) is 0 Å². The number of carbonyl (C=O) groups is 1. The highest BCUT2D eigenvalue weighted by Gasteiger charge is 2.64. The summed E-state index contributed by atoms with van der Waals surface area (Å²) in [6.07, 6.45) is 16.5. The Hall–Kier alpha value is -5.37. The van der Waals surface area contributed by atoms with Crippen molar-refractivity contribution in [2.75, 3.05) is 13.6 Å². The lowest BCUT2D eigenvalue weighted by Gasteiger charge is -2.53. The fourth-order valence-electron chi connectivity index (χ4n) is 15.3. The Morgan fingerprint density at radius 2 is 1.17 bits per heavy atom. The molecule has 10 aliphatic rings. The van der Waals surface area contributed by atoms with Gasteiger partial charge in [-0.1, -0.05) is 49.0 Å². The van der Waals surface area contributed by atoms with Crippen molar-refractivity contribution in [2.24, 2.45) is 39.6 Å². The molecule has 10 atom stereocenters. The normalized spacial score (nSPS) is 35.8. The van der Waals surface area contributed by atoms with Gasteiger partial charge >= 0.3 is 0 Å². The zero-order chi connectivity index (χ0) is 47.9. The van der Waals surface area contributed by atoms with Crippen LogP contribution in [-0.2, 0) is 4.79 Å². The van der Waals surface area contributed by atoms with Gasteiger partial charge in [0.05, 0.1) is 5.71 Å². The van der Waals surface area contributed by atoms with E-state index in [4.69, 9.17) is 36.4 Å². The summed E-state index contributed by atoms with van der Waals surface area (Å²) in [5.41, 5.74) is 14.0. The van der Waals surface area contributed by atoms with Crippen molar-refractivity contribution in [3.63, 3.8) is 0 Å². The molecule has 4 fully saturated rings. The van der Waals surface area contributed by atoms with Crippen LogP contribution in [-0.4, -0.2) is 56.8 Å². The minimum atomic E-state index is -0.968. The summed E-state index contributed by atoms with van der Waals surface area (Å²) in [5.74, 6) is 18.0. The second-order valence-corrected chi connectivity index (χ2v) is 21.9. The molecule has 12 heteroatoms. The van der Waals surface area contributed by atoms with E-state index in [9.17, 15) is 15.0 Å². The lowest BCUT2D eigenvalue weighted by Crippen LogP contribution is -2.51. The molecule has 12 rings (SSSR count). The van der Waals surface area contributed by atoms with E-state index in [1.807, 2.05) is 37.5 Å². The van der Waals surface area contributed by atoms with Crippen molar-refractivity contribution < 1.29 is 39.2 Å². The molecular weight excluding hydrogens is 887 g/mol. The Kier molecular flexibility index (Phi) is 11.7. The molecule has 11 nitrogen and oxygen atoms in total. The molecule has 2 aromatic rings. The molecule has 4 saturated carbocycles. The maximum atomic E-state index is 12.2. The molecule has 2 aliphatic heterocycles. The van der Waals surface area contributed by atoms with Crippen LogP contribution in [0.15, 0.2) is 87.1 Å². The minimum absolute atomic E-state index is 0.0806. The van der Waals surface area contributed by atoms with Gasteiger partial charge in [0, 0.05) is 29.1 Å². The SMILES string of the molecule is CC#C[C@]1(O)CC[C@H]2[C@@H]3CCC4=CC(=NNC(=S)NO)CCC4=C3[C@@H](c3ccc4c(c3)OCO4)C[C@@]21C.CC#C[C@]1(O)CC[C@H]2[C@@H]3CCC4=CC(=O)CCC4=C3[C@@H](c3ccc4c(c3)OCO4)C[C@@]21C. The Balaban J connectivity index is 0.000000152. The summed E-state index contributed by atoms with van der Waals surface area (Å²) in [4.78, 5) is 12.2. The van der Waals surface area contributed by atoms with Crippen molar-refractivity contribution in [1.29, 1.82) is 0 Å². The van der Waals surface area contributed by atoms with Crippen molar-refractivity contribution in [1.82, 2.24) is 10.9 Å². The summed E-state index contributed by atoms with van der Waals surface area (Å²) in [7, 11) is 0. The van der Waals surface area contributed by atoms with Gasteiger partial charge in [-0.15, -0.1) is 11.8 Å². The number of allylic oxidation sites excluding steroid dienone is 8. The predicted octanol–water partition coefficient (Wildman–Crippen LogP) is 9.78. The van der Waals surface area contributed by atoms with Crippen molar-refractivity contribution in [3.05, 3.63) is 93.1 Å². The summed E-state index contributed by atoms with van der Waals surface area (Å²) in [6, 6.07) is 12.6. The number of rotatable bonds is 3. The molecular formula is C57H63N3O8S. The molecule has 5 N–H and O–H groups in total. The smallest absolute Gasteiger partial charge is 0.231 e. The first-order valence-electron chi connectivity index (χ1n) is 25.1. The van der Waals surface area contributed by atoms with E-state index in [0.717, 1.165) is 112 Å². The van der Waals surface area contributed by atoms with Crippen LogP contribution in [0.2, 0.25) is 0 Å². The van der Waals surface area contributed by atoms with E-state index in [1.165, 1.54) is 44.6 Å². The van der Waals surface area contributed by atoms with Crippen LogP contribution < -0.4 is 29.9 Å². The minimum Gasteiger partial charge on any atom is -0.454 e. The fraction of sp³-hybridized carbons (Fsp3) is 0.526. The largest absolute Gasteiger partial charge is 0.454 e. The number of benzene rings is 2. The third kappa shape index (κ3) is 7.46. The van der Waals surface area contributed by atoms with Crippen LogP contribution in [0.3, 0.4) is 0 Å². The number of thiocarbonyl (C=S) groups is 1. The van der Waals surface area contributed by atoms with E-state index < -0.39 is 11.2 Å². The topological polar surface area (TPSA) is 151 Å². The highest BCUT2D eigenvalue weighted by molar-refractivity contribution is 7.80. The average molecular weight is 950 g/mol.